The van der Waals surface area contributed by atoms with Crippen molar-refractivity contribution in [1.29, 1.82) is 0 Å². The molecule has 1 aromatic carbocycles. The zero-order valence-corrected chi connectivity index (χ0v) is 25.2. The Balaban J connectivity index is -0.000000404. The number of aliphatic hydroxyl groups is 1. The van der Waals surface area contributed by atoms with Crippen LogP contribution in [0.15, 0.2) is 90.6 Å². The smallest absolute Gasteiger partial charge is 0.302 e. The van der Waals surface area contributed by atoms with Crippen LogP contribution in [0.4, 0.5) is 0 Å². The van der Waals surface area contributed by atoms with Gasteiger partial charge in [0.05, 0.1) is 7.11 Å². The van der Waals surface area contributed by atoms with E-state index in [0.29, 0.717) is 6.61 Å². The first-order valence-corrected chi connectivity index (χ1v) is 13.4. The maximum absolute atomic E-state index is 9.59. The van der Waals surface area contributed by atoms with Gasteiger partial charge in [-0.25, -0.2) is 0 Å². The molecule has 0 saturated heterocycles. The van der Waals surface area contributed by atoms with Gasteiger partial charge in [0.2, 0.25) is 0 Å². The Bertz CT molecular complexity index is 779. The second-order valence-electron chi connectivity index (χ2n) is 9.48. The summed E-state index contributed by atoms with van der Waals surface area (Å²) in [4.78, 5) is 9.59. The molecule has 1 atom stereocenters. The molecule has 3 heteroatoms. The lowest BCUT2D eigenvalue weighted by Gasteiger charge is -2.19. The van der Waals surface area contributed by atoms with Crippen LogP contribution in [-0.2, 0) is 9.53 Å². The van der Waals surface area contributed by atoms with E-state index in [0.717, 1.165) is 37.2 Å². The number of carbonyl (C=O) groups is 1. The average molecular weight is 513 g/mol. The Morgan fingerprint density at radius 2 is 1.68 bits per heavy atom. The quantitative estimate of drug-likeness (QED) is 0.225. The molecule has 210 valence electrons. The highest BCUT2D eigenvalue weighted by Crippen LogP contribution is 2.27. The zero-order chi connectivity index (χ0) is 29.1. The number of methoxy groups -OCH3 is 1. The molecular formula is C34H56O3. The molecule has 0 bridgehead atoms. The summed E-state index contributed by atoms with van der Waals surface area (Å²) in [5.41, 5.74) is 6.72. The van der Waals surface area contributed by atoms with Gasteiger partial charge in [0.25, 0.3) is 0 Å². The molecule has 1 unspecified atom stereocenters. The predicted octanol–water partition coefficient (Wildman–Crippen LogP) is 9.74. The van der Waals surface area contributed by atoms with E-state index in [9.17, 15) is 4.79 Å². The Kier molecular flexibility index (Phi) is 29.3. The maximum Gasteiger partial charge on any atom is 0.302 e. The second-order valence-corrected chi connectivity index (χ2v) is 9.48. The molecule has 1 N–H and O–H groups in total. The number of allylic oxidation sites excluding steroid dienone is 7. The van der Waals surface area contributed by atoms with Crippen molar-refractivity contribution in [2.75, 3.05) is 13.7 Å². The van der Waals surface area contributed by atoms with Gasteiger partial charge in [0.15, 0.2) is 0 Å². The van der Waals surface area contributed by atoms with Crippen LogP contribution < -0.4 is 0 Å². The summed E-state index contributed by atoms with van der Waals surface area (Å²) in [5.74, 6) is 0.522. The highest BCUT2D eigenvalue weighted by Gasteiger charge is 2.11. The molecule has 1 aliphatic rings. The Morgan fingerprint density at radius 1 is 1.11 bits per heavy atom. The summed E-state index contributed by atoms with van der Waals surface area (Å²) in [6.07, 6.45) is 14.4. The first-order chi connectivity index (χ1) is 17.4. The Hall–Kier alpha value is -2.65. The number of aryl methyl sites for hydroxylation is 1. The molecule has 0 aliphatic heterocycles. The molecule has 3 nitrogen and oxygen atoms in total. The molecular weight excluding hydrogens is 456 g/mol. The second kappa shape index (κ2) is 27.9. The van der Waals surface area contributed by atoms with E-state index in [4.69, 9.17) is 5.11 Å². The molecule has 0 spiro atoms. The molecule has 1 aliphatic carbocycles. The molecule has 37 heavy (non-hydrogen) atoms. The minimum absolute atomic E-state index is 0.245. The van der Waals surface area contributed by atoms with Gasteiger partial charge >= 0.3 is 5.97 Å². The predicted molar refractivity (Wildman–Crippen MR) is 165 cm³/mol. The normalized spacial score (nSPS) is 13.0. The first kappa shape index (κ1) is 38.9. The fourth-order valence-electron chi connectivity index (χ4n) is 2.75. The number of ether oxygens (including phenoxy) is 1. The van der Waals surface area contributed by atoms with Crippen LogP contribution in [0.5, 0.6) is 0 Å². The van der Waals surface area contributed by atoms with Gasteiger partial charge in [0.1, 0.15) is 0 Å². The third-order valence-corrected chi connectivity index (χ3v) is 5.38. The molecule has 0 radical (unpaired) electrons. The summed E-state index contributed by atoms with van der Waals surface area (Å²) < 4.78 is 4.11. The van der Waals surface area contributed by atoms with E-state index in [-0.39, 0.29) is 5.97 Å². The number of hydrogen-bond acceptors (Lipinski definition) is 3. The lowest BCUT2D eigenvalue weighted by atomic mass is 9.86. The summed E-state index contributed by atoms with van der Waals surface area (Å²) >= 11 is 0. The fourth-order valence-corrected chi connectivity index (χ4v) is 2.75. The van der Waals surface area contributed by atoms with Gasteiger partial charge in [-0.2, -0.15) is 0 Å². The van der Waals surface area contributed by atoms with Gasteiger partial charge in [0, 0.05) is 13.5 Å². The first-order valence-electron chi connectivity index (χ1n) is 13.4. The highest BCUT2D eigenvalue weighted by molar-refractivity contribution is 5.65. The van der Waals surface area contributed by atoms with Crippen LogP contribution >= 0.6 is 0 Å². The third-order valence-electron chi connectivity index (χ3n) is 5.38. The van der Waals surface area contributed by atoms with Crippen LogP contribution in [0, 0.1) is 12.8 Å². The van der Waals surface area contributed by atoms with E-state index < -0.39 is 0 Å². The summed E-state index contributed by atoms with van der Waals surface area (Å²) in [5, 5.41) is 8.07. The fraction of sp³-hybridized carbons (Fsp3) is 0.500. The number of unbranched alkanes of at least 4 members (excludes halogenated alkanes) is 1. The largest absolute Gasteiger partial charge is 0.469 e. The van der Waals surface area contributed by atoms with Crippen molar-refractivity contribution in [1.82, 2.24) is 0 Å². The number of carbonyl (C=O) groups excluding carboxylic acids is 1. The van der Waals surface area contributed by atoms with Crippen LogP contribution in [0.1, 0.15) is 92.1 Å². The van der Waals surface area contributed by atoms with Crippen molar-refractivity contribution in [3.8, 4) is 0 Å². The van der Waals surface area contributed by atoms with Gasteiger partial charge in [-0.3, -0.25) is 4.79 Å². The Labute approximate surface area is 229 Å². The van der Waals surface area contributed by atoms with E-state index in [1.807, 2.05) is 24.3 Å². The van der Waals surface area contributed by atoms with Gasteiger partial charge in [-0.05, 0) is 79.1 Å². The minimum atomic E-state index is -0.245. The van der Waals surface area contributed by atoms with E-state index in [1.54, 1.807) is 5.57 Å². The van der Waals surface area contributed by atoms with Crippen LogP contribution in [-0.4, -0.2) is 24.8 Å². The summed E-state index contributed by atoms with van der Waals surface area (Å²) in [6.45, 7) is 25.8. The summed E-state index contributed by atoms with van der Waals surface area (Å²) in [6, 6.07) is 10.3. The summed E-state index contributed by atoms with van der Waals surface area (Å²) in [7, 11) is 1.35. The molecule has 1 aromatic rings. The SMILES string of the molecule is C=C(C)C1CC=C(C)CC1.C=CC(=C)CCC=C(C)C.CCCCO.COC(C)=O.Cc1ccccc1. The van der Waals surface area contributed by atoms with E-state index in [1.165, 1.54) is 50.0 Å². The lowest BCUT2D eigenvalue weighted by molar-refractivity contribution is -0.137. The van der Waals surface area contributed by atoms with Crippen molar-refractivity contribution in [3.05, 3.63) is 96.2 Å². The number of esters is 1. The lowest BCUT2D eigenvalue weighted by Crippen LogP contribution is -2.04. The van der Waals surface area contributed by atoms with Crippen LogP contribution in [0.2, 0.25) is 0 Å². The third kappa shape index (κ3) is 33.3. The van der Waals surface area contributed by atoms with Gasteiger partial charge in [-0.15, -0.1) is 0 Å². The van der Waals surface area contributed by atoms with E-state index >= 15 is 0 Å². The molecule has 2 rings (SSSR count). The number of hydrogen-bond donors (Lipinski definition) is 1. The van der Waals surface area contributed by atoms with Gasteiger partial charge < -0.3 is 9.84 Å². The monoisotopic (exact) mass is 512 g/mol. The molecule has 0 amide bonds. The number of benzene rings is 1. The van der Waals surface area contributed by atoms with Crippen molar-refractivity contribution >= 4 is 5.97 Å². The molecule has 0 aromatic heterocycles. The Morgan fingerprint density at radius 3 is 1.95 bits per heavy atom. The number of aliphatic hydroxyl groups excluding tert-OH is 1. The molecule has 0 saturated carbocycles. The number of rotatable bonds is 7. The average Bonchev–Trinajstić information content (AvgIpc) is 2.86. The minimum Gasteiger partial charge on any atom is -0.469 e. The van der Waals surface area contributed by atoms with E-state index in [2.05, 4.69) is 90.3 Å². The van der Waals surface area contributed by atoms with Crippen molar-refractivity contribution in [2.24, 2.45) is 5.92 Å². The van der Waals surface area contributed by atoms with Crippen molar-refractivity contribution in [2.45, 2.75) is 93.4 Å². The van der Waals surface area contributed by atoms with Gasteiger partial charge in [-0.1, -0.05) is 109 Å². The topological polar surface area (TPSA) is 46.5 Å². The highest BCUT2D eigenvalue weighted by atomic mass is 16.5. The van der Waals surface area contributed by atoms with Crippen LogP contribution in [0.3, 0.4) is 0 Å². The zero-order valence-electron chi connectivity index (χ0n) is 25.2. The standard InChI is InChI=1S/2C10H16.C7H8.C4H10O.C3H6O2/c1-8(2)10-6-4-9(3)5-7-10;1-5-10(4)8-6-7-9(2)3;1-7-5-3-2-4-6-7;1-2-3-4-5;1-3(4)5-2/h4,10H,1,5-7H2,2-3H3;5,7H,1,4,6,8H2,2-3H3;2-6H,1H3;5H,2-4H2,1H3;1-2H3. The molecule has 0 fully saturated rings. The van der Waals surface area contributed by atoms with Crippen LogP contribution in [0.25, 0.3) is 0 Å². The molecule has 0 heterocycles. The van der Waals surface area contributed by atoms with Crippen molar-refractivity contribution < 1.29 is 14.6 Å². The van der Waals surface area contributed by atoms with Crippen molar-refractivity contribution in [3.63, 3.8) is 0 Å². The maximum atomic E-state index is 9.59.